The van der Waals surface area contributed by atoms with Gasteiger partial charge in [0.1, 0.15) is 11.6 Å². The number of fused-ring (bicyclic) bond motifs is 1. The second-order valence-corrected chi connectivity index (χ2v) is 5.86. The van der Waals surface area contributed by atoms with Crippen molar-refractivity contribution in [2.45, 2.75) is 33.4 Å². The first-order valence-corrected chi connectivity index (χ1v) is 7.90. The molecule has 3 N–H and O–H groups in total. The second-order valence-electron chi connectivity index (χ2n) is 5.86. The van der Waals surface area contributed by atoms with Crippen molar-refractivity contribution >= 4 is 22.9 Å². The highest BCUT2D eigenvalue weighted by atomic mass is 16.2. The molecule has 1 aromatic carbocycles. The van der Waals surface area contributed by atoms with Crippen molar-refractivity contribution in [3.05, 3.63) is 46.3 Å². The van der Waals surface area contributed by atoms with E-state index < -0.39 is 6.03 Å². The summed E-state index contributed by atoms with van der Waals surface area (Å²) in [5.74, 6) is 1.31. The molecule has 0 aliphatic heterocycles. The van der Waals surface area contributed by atoms with E-state index >= 15 is 0 Å². The monoisotopic (exact) mass is 341 g/mol. The van der Waals surface area contributed by atoms with E-state index in [1.807, 2.05) is 20.8 Å². The largest absolute Gasteiger partial charge is 0.331 e. The summed E-state index contributed by atoms with van der Waals surface area (Å²) in [6.45, 7) is 5.86. The molecule has 3 rings (SSSR count). The maximum Gasteiger partial charge on any atom is 0.322 e. The lowest BCUT2D eigenvalue weighted by Crippen LogP contribution is -2.30. The number of hydrogen-bond acceptors (Lipinski definition) is 5. The van der Waals surface area contributed by atoms with Gasteiger partial charge in [0.05, 0.1) is 17.4 Å². The number of anilines is 1. The Morgan fingerprint density at radius 3 is 2.76 bits per heavy atom. The van der Waals surface area contributed by atoms with Crippen LogP contribution in [0.1, 0.15) is 31.5 Å². The summed E-state index contributed by atoms with van der Waals surface area (Å²) in [6, 6.07) is 6.70. The van der Waals surface area contributed by atoms with Gasteiger partial charge in [-0.2, -0.15) is 4.98 Å². The van der Waals surface area contributed by atoms with Crippen molar-refractivity contribution in [1.82, 2.24) is 30.0 Å². The normalized spacial score (nSPS) is 11.0. The van der Waals surface area contributed by atoms with Crippen LogP contribution >= 0.6 is 0 Å². The molecule has 0 aliphatic rings. The maximum atomic E-state index is 12.0. The molecule has 0 spiro atoms. The molecule has 0 fully saturated rings. The molecule has 0 radical (unpaired) electrons. The van der Waals surface area contributed by atoms with Crippen LogP contribution in [0.4, 0.5) is 10.7 Å². The number of H-pyrrole nitrogens is 1. The number of para-hydroxylation sites is 1. The highest BCUT2D eigenvalue weighted by Gasteiger charge is 2.11. The molecule has 0 atom stereocenters. The first-order chi connectivity index (χ1) is 11.9. The standard InChI is InChI=1S/C16H19N7O2/c1-9(2)23-10(3)18-15(22-23)21-16(25)17-8-13-19-12-7-5-4-6-11(12)14(24)20-13/h4-7,9H,8H2,1-3H3,(H,19,20,24)(H2,17,21,22,25). The van der Waals surface area contributed by atoms with Gasteiger partial charge in [0.15, 0.2) is 0 Å². The number of nitrogens with one attached hydrogen (secondary N) is 3. The summed E-state index contributed by atoms with van der Waals surface area (Å²) < 4.78 is 1.72. The third-order valence-corrected chi connectivity index (χ3v) is 3.59. The van der Waals surface area contributed by atoms with E-state index in [2.05, 4.69) is 30.7 Å². The molecule has 0 bridgehead atoms. The van der Waals surface area contributed by atoms with Crippen molar-refractivity contribution in [1.29, 1.82) is 0 Å². The zero-order valence-electron chi connectivity index (χ0n) is 14.2. The smallest absolute Gasteiger partial charge is 0.322 e. The first-order valence-electron chi connectivity index (χ1n) is 7.90. The molecule has 2 aromatic heterocycles. The number of aryl methyl sites for hydroxylation is 1. The lowest BCUT2D eigenvalue weighted by atomic mass is 10.2. The zero-order valence-corrected chi connectivity index (χ0v) is 14.2. The second kappa shape index (κ2) is 6.71. The Labute approximate surface area is 143 Å². The van der Waals surface area contributed by atoms with Gasteiger partial charge in [-0.15, -0.1) is 5.10 Å². The minimum Gasteiger partial charge on any atom is -0.331 e. The van der Waals surface area contributed by atoms with Crippen LogP contribution in [0, 0.1) is 6.92 Å². The molecular weight excluding hydrogens is 322 g/mol. The number of aromatic amines is 1. The average molecular weight is 341 g/mol. The molecule has 0 aliphatic carbocycles. The first kappa shape index (κ1) is 16.6. The molecule has 0 saturated carbocycles. The number of nitrogens with zero attached hydrogens (tertiary/aromatic N) is 4. The average Bonchev–Trinajstić information content (AvgIpc) is 2.93. The summed E-state index contributed by atoms with van der Waals surface area (Å²) >= 11 is 0. The van der Waals surface area contributed by atoms with Gasteiger partial charge in [-0.05, 0) is 32.9 Å². The van der Waals surface area contributed by atoms with Crippen LogP contribution in [0.25, 0.3) is 10.9 Å². The van der Waals surface area contributed by atoms with Crippen LogP contribution in [0.3, 0.4) is 0 Å². The van der Waals surface area contributed by atoms with Crippen LogP contribution in [0.15, 0.2) is 29.1 Å². The molecule has 9 nitrogen and oxygen atoms in total. The van der Waals surface area contributed by atoms with E-state index in [0.717, 1.165) is 0 Å². The Balaban J connectivity index is 1.66. The van der Waals surface area contributed by atoms with Crippen LogP contribution in [-0.4, -0.2) is 30.8 Å². The number of rotatable bonds is 4. The molecule has 3 aromatic rings. The molecule has 130 valence electrons. The molecule has 25 heavy (non-hydrogen) atoms. The van der Waals surface area contributed by atoms with Crippen LogP contribution in [-0.2, 0) is 6.54 Å². The van der Waals surface area contributed by atoms with Crippen LogP contribution < -0.4 is 16.2 Å². The maximum absolute atomic E-state index is 12.0. The van der Waals surface area contributed by atoms with Crippen LogP contribution in [0.5, 0.6) is 0 Å². The van der Waals surface area contributed by atoms with E-state index in [1.54, 1.807) is 28.9 Å². The van der Waals surface area contributed by atoms with Crippen LogP contribution in [0.2, 0.25) is 0 Å². The Bertz CT molecular complexity index is 974. The van der Waals surface area contributed by atoms with E-state index in [0.29, 0.717) is 22.6 Å². The molecule has 2 heterocycles. The number of carbonyl (C=O) groups is 1. The van der Waals surface area contributed by atoms with Crippen molar-refractivity contribution in [3.8, 4) is 0 Å². The fraction of sp³-hybridized carbons (Fsp3) is 0.312. The summed E-state index contributed by atoms with van der Waals surface area (Å²) in [6.07, 6.45) is 0. The Kier molecular flexibility index (Phi) is 4.46. The Morgan fingerprint density at radius 2 is 2.04 bits per heavy atom. The van der Waals surface area contributed by atoms with Gasteiger partial charge in [0.25, 0.3) is 5.56 Å². The fourth-order valence-corrected chi connectivity index (χ4v) is 2.47. The lowest BCUT2D eigenvalue weighted by Gasteiger charge is -2.06. The van der Waals surface area contributed by atoms with Gasteiger partial charge < -0.3 is 10.3 Å². The van der Waals surface area contributed by atoms with Crippen molar-refractivity contribution in [2.75, 3.05) is 5.32 Å². The molecule has 0 unspecified atom stereocenters. The predicted molar refractivity (Wildman–Crippen MR) is 93.4 cm³/mol. The van der Waals surface area contributed by atoms with Crippen molar-refractivity contribution in [2.24, 2.45) is 0 Å². The highest BCUT2D eigenvalue weighted by molar-refractivity contribution is 5.87. The molecular formula is C16H19N7O2. The van der Waals surface area contributed by atoms with Crippen molar-refractivity contribution in [3.63, 3.8) is 0 Å². The summed E-state index contributed by atoms with van der Waals surface area (Å²) in [5.41, 5.74) is 0.340. The quantitative estimate of drug-likeness (QED) is 0.668. The van der Waals surface area contributed by atoms with E-state index in [4.69, 9.17) is 0 Å². The summed E-state index contributed by atoms with van der Waals surface area (Å²) in [5, 5.41) is 9.92. The number of carbonyl (C=O) groups excluding carboxylic acids is 1. The third-order valence-electron chi connectivity index (χ3n) is 3.59. The number of benzene rings is 1. The van der Waals surface area contributed by atoms with Gasteiger partial charge in [-0.1, -0.05) is 12.1 Å². The SMILES string of the molecule is Cc1nc(NC(=O)NCc2nc3ccccc3c(=O)[nH]2)nn1C(C)C. The fourth-order valence-electron chi connectivity index (χ4n) is 2.47. The van der Waals surface area contributed by atoms with Gasteiger partial charge in [0.2, 0.25) is 5.95 Å². The molecule has 9 heteroatoms. The Hall–Kier alpha value is -3.23. The number of aromatic nitrogens is 5. The van der Waals surface area contributed by atoms with Crippen molar-refractivity contribution < 1.29 is 4.79 Å². The number of amides is 2. The molecule has 2 amide bonds. The minimum atomic E-state index is -0.475. The highest BCUT2D eigenvalue weighted by Crippen LogP contribution is 2.09. The van der Waals surface area contributed by atoms with E-state index in [9.17, 15) is 9.59 Å². The van der Waals surface area contributed by atoms with E-state index in [1.165, 1.54) is 0 Å². The summed E-state index contributed by atoms with van der Waals surface area (Å²) in [4.78, 5) is 35.2. The zero-order chi connectivity index (χ0) is 18.0. The number of urea groups is 1. The number of hydrogen-bond donors (Lipinski definition) is 3. The molecule has 0 saturated heterocycles. The van der Waals surface area contributed by atoms with Gasteiger partial charge >= 0.3 is 6.03 Å². The Morgan fingerprint density at radius 1 is 1.28 bits per heavy atom. The van der Waals surface area contributed by atoms with Gasteiger partial charge in [0, 0.05) is 6.04 Å². The van der Waals surface area contributed by atoms with Gasteiger partial charge in [-0.25, -0.2) is 14.5 Å². The predicted octanol–water partition coefficient (Wildman–Crippen LogP) is 1.73. The lowest BCUT2D eigenvalue weighted by molar-refractivity contribution is 0.251. The third kappa shape index (κ3) is 3.65. The minimum absolute atomic E-state index is 0.0791. The van der Waals surface area contributed by atoms with E-state index in [-0.39, 0.29) is 24.1 Å². The topological polar surface area (TPSA) is 118 Å². The van der Waals surface area contributed by atoms with Gasteiger partial charge in [-0.3, -0.25) is 10.1 Å². The summed E-state index contributed by atoms with van der Waals surface area (Å²) in [7, 11) is 0.